The molecule has 122 valence electrons. The van der Waals surface area contributed by atoms with Gasteiger partial charge in [-0.1, -0.05) is 30.3 Å². The van der Waals surface area contributed by atoms with Crippen molar-refractivity contribution in [3.63, 3.8) is 0 Å². The molecule has 0 aliphatic carbocycles. The highest BCUT2D eigenvalue weighted by atomic mass is 16.5. The number of hydrogen-bond acceptors (Lipinski definition) is 4. The lowest BCUT2D eigenvalue weighted by Gasteiger charge is -2.17. The highest BCUT2D eigenvalue weighted by Gasteiger charge is 2.22. The predicted octanol–water partition coefficient (Wildman–Crippen LogP) is 2.68. The zero-order chi connectivity index (χ0) is 17.1. The molecule has 0 fully saturated rings. The Hall–Kier alpha value is -2.95. The van der Waals surface area contributed by atoms with E-state index in [1.807, 2.05) is 36.4 Å². The maximum Gasteiger partial charge on any atom is 0.338 e. The van der Waals surface area contributed by atoms with Crippen LogP contribution >= 0.6 is 0 Å². The van der Waals surface area contributed by atoms with Crippen LogP contribution in [-0.4, -0.2) is 37.8 Å². The van der Waals surface area contributed by atoms with Crippen molar-refractivity contribution >= 4 is 23.3 Å². The van der Waals surface area contributed by atoms with Gasteiger partial charge in [0.05, 0.1) is 23.6 Å². The van der Waals surface area contributed by atoms with E-state index in [2.05, 4.69) is 4.99 Å². The highest BCUT2D eigenvalue weighted by molar-refractivity contribution is 6.19. The van der Waals surface area contributed by atoms with E-state index in [1.54, 1.807) is 31.0 Å². The number of para-hydroxylation sites is 1. The zero-order valence-corrected chi connectivity index (χ0v) is 13.7. The Bertz CT molecular complexity index is 810. The topological polar surface area (TPSA) is 59.0 Å². The fraction of sp³-hybridized carbons (Fsp3) is 0.211. The molecule has 0 aromatic heterocycles. The largest absolute Gasteiger partial charge is 0.462 e. The summed E-state index contributed by atoms with van der Waals surface area (Å²) in [6.07, 6.45) is 0. The van der Waals surface area contributed by atoms with Crippen molar-refractivity contribution in [3.05, 3.63) is 65.2 Å². The molecule has 2 aromatic carbocycles. The zero-order valence-electron chi connectivity index (χ0n) is 13.7. The van der Waals surface area contributed by atoms with Crippen LogP contribution in [0.4, 0.5) is 5.69 Å². The lowest BCUT2D eigenvalue weighted by molar-refractivity contribution is -0.116. The summed E-state index contributed by atoms with van der Waals surface area (Å²) < 4.78 is 5.00. The minimum atomic E-state index is -0.345. The number of hydrogen-bond donors (Lipinski definition) is 0. The second-order valence-electron chi connectivity index (χ2n) is 5.43. The van der Waals surface area contributed by atoms with Gasteiger partial charge in [0.25, 0.3) is 0 Å². The second-order valence-corrected chi connectivity index (χ2v) is 5.43. The summed E-state index contributed by atoms with van der Waals surface area (Å²) in [6.45, 7) is 2.21. The van der Waals surface area contributed by atoms with Crippen LogP contribution in [-0.2, 0) is 9.53 Å². The lowest BCUT2D eigenvalue weighted by atomic mass is 9.99. The number of ether oxygens (including phenoxy) is 1. The number of esters is 1. The first-order valence-electron chi connectivity index (χ1n) is 7.79. The van der Waals surface area contributed by atoms with Gasteiger partial charge in [-0.25, -0.2) is 4.79 Å². The van der Waals surface area contributed by atoms with Crippen molar-refractivity contribution in [2.24, 2.45) is 4.99 Å². The van der Waals surface area contributed by atoms with Gasteiger partial charge in [-0.15, -0.1) is 0 Å². The molecule has 1 aliphatic rings. The van der Waals surface area contributed by atoms with Crippen molar-refractivity contribution in [1.29, 1.82) is 0 Å². The number of anilines is 1. The molecular weight excluding hydrogens is 304 g/mol. The van der Waals surface area contributed by atoms with Crippen molar-refractivity contribution in [1.82, 2.24) is 0 Å². The first-order chi connectivity index (χ1) is 11.6. The quantitative estimate of drug-likeness (QED) is 0.816. The average molecular weight is 322 g/mol. The molecule has 24 heavy (non-hydrogen) atoms. The molecule has 0 spiro atoms. The number of benzodiazepines with no additional fused rings is 1. The lowest BCUT2D eigenvalue weighted by Crippen LogP contribution is -2.27. The summed E-state index contributed by atoms with van der Waals surface area (Å²) in [5.74, 6) is -0.400. The monoisotopic (exact) mass is 322 g/mol. The third kappa shape index (κ3) is 2.93. The summed E-state index contributed by atoms with van der Waals surface area (Å²) >= 11 is 0. The fourth-order valence-electron chi connectivity index (χ4n) is 2.66. The van der Waals surface area contributed by atoms with E-state index in [4.69, 9.17) is 4.74 Å². The Kier molecular flexibility index (Phi) is 4.42. The molecule has 0 saturated heterocycles. The van der Waals surface area contributed by atoms with E-state index in [0.717, 1.165) is 22.5 Å². The Morgan fingerprint density at radius 3 is 2.58 bits per heavy atom. The summed E-state index contributed by atoms with van der Waals surface area (Å²) in [4.78, 5) is 30.0. The number of fused-ring (bicyclic) bond motifs is 1. The smallest absolute Gasteiger partial charge is 0.338 e. The van der Waals surface area contributed by atoms with Gasteiger partial charge in [-0.2, -0.15) is 0 Å². The molecule has 0 radical (unpaired) electrons. The Morgan fingerprint density at radius 1 is 1.17 bits per heavy atom. The number of carbonyl (C=O) groups is 2. The van der Waals surface area contributed by atoms with Crippen LogP contribution in [0.3, 0.4) is 0 Å². The van der Waals surface area contributed by atoms with Crippen molar-refractivity contribution in [2.45, 2.75) is 6.92 Å². The second kappa shape index (κ2) is 6.66. The van der Waals surface area contributed by atoms with Crippen LogP contribution in [0.2, 0.25) is 0 Å². The van der Waals surface area contributed by atoms with Gasteiger partial charge in [-0.3, -0.25) is 9.79 Å². The van der Waals surface area contributed by atoms with E-state index < -0.39 is 0 Å². The average Bonchev–Trinajstić information content (AvgIpc) is 2.73. The first-order valence-corrected chi connectivity index (χ1v) is 7.79. The molecule has 0 N–H and O–H groups in total. The van der Waals surface area contributed by atoms with Crippen molar-refractivity contribution < 1.29 is 14.3 Å². The van der Waals surface area contributed by atoms with Gasteiger partial charge in [0, 0.05) is 18.2 Å². The van der Waals surface area contributed by atoms with E-state index in [-0.39, 0.29) is 18.4 Å². The molecule has 5 nitrogen and oxygen atoms in total. The highest BCUT2D eigenvalue weighted by Crippen LogP contribution is 2.25. The molecule has 5 heteroatoms. The van der Waals surface area contributed by atoms with Crippen LogP contribution in [0.25, 0.3) is 0 Å². The third-order valence-electron chi connectivity index (χ3n) is 3.94. The summed E-state index contributed by atoms with van der Waals surface area (Å²) in [6, 6.07) is 14.8. The van der Waals surface area contributed by atoms with E-state index in [0.29, 0.717) is 12.2 Å². The molecule has 1 amide bonds. The first kappa shape index (κ1) is 15.9. The minimum absolute atomic E-state index is 0.0550. The maximum absolute atomic E-state index is 12.1. The summed E-state index contributed by atoms with van der Waals surface area (Å²) in [5, 5.41) is 0. The molecule has 2 aromatic rings. The number of amides is 1. The van der Waals surface area contributed by atoms with Crippen LogP contribution in [0.1, 0.15) is 28.4 Å². The van der Waals surface area contributed by atoms with Gasteiger partial charge in [0.15, 0.2) is 0 Å². The number of benzene rings is 2. The van der Waals surface area contributed by atoms with Gasteiger partial charge >= 0.3 is 5.97 Å². The molecular formula is C19H18N2O3. The Balaban J connectivity index is 2.01. The molecule has 0 atom stereocenters. The van der Waals surface area contributed by atoms with Crippen LogP contribution in [0, 0.1) is 0 Å². The molecule has 1 heterocycles. The molecule has 3 rings (SSSR count). The van der Waals surface area contributed by atoms with Gasteiger partial charge in [0.1, 0.15) is 6.54 Å². The molecule has 0 saturated carbocycles. The Labute approximate surface area is 140 Å². The van der Waals surface area contributed by atoms with Gasteiger partial charge in [-0.05, 0) is 25.1 Å². The normalized spacial score (nSPS) is 13.8. The fourth-order valence-corrected chi connectivity index (χ4v) is 2.66. The van der Waals surface area contributed by atoms with Crippen LogP contribution in [0.5, 0.6) is 0 Å². The number of nitrogens with zero attached hydrogens (tertiary/aromatic N) is 2. The number of likely N-dealkylation sites (N-methyl/N-ethyl adjacent to an activating group) is 1. The number of carbonyl (C=O) groups excluding carboxylic acids is 2. The summed E-state index contributed by atoms with van der Waals surface area (Å²) in [5.41, 5.74) is 3.83. The van der Waals surface area contributed by atoms with Crippen LogP contribution < -0.4 is 4.90 Å². The van der Waals surface area contributed by atoms with E-state index >= 15 is 0 Å². The van der Waals surface area contributed by atoms with Crippen molar-refractivity contribution in [3.8, 4) is 0 Å². The summed E-state index contributed by atoms with van der Waals surface area (Å²) in [7, 11) is 1.75. The Morgan fingerprint density at radius 2 is 1.88 bits per heavy atom. The SMILES string of the molecule is CCOC(=O)c1ccc(C2=NCC(=O)N(C)c3ccccc32)cc1. The van der Waals surface area contributed by atoms with Gasteiger partial charge in [0.2, 0.25) is 5.91 Å². The predicted molar refractivity (Wildman–Crippen MR) is 92.8 cm³/mol. The van der Waals surface area contributed by atoms with Crippen molar-refractivity contribution in [2.75, 3.05) is 25.1 Å². The van der Waals surface area contributed by atoms with E-state index in [9.17, 15) is 9.59 Å². The third-order valence-corrected chi connectivity index (χ3v) is 3.94. The van der Waals surface area contributed by atoms with Crippen LogP contribution in [0.15, 0.2) is 53.5 Å². The molecule has 0 unspecified atom stereocenters. The number of aliphatic imine (C=N–C) groups is 1. The maximum atomic E-state index is 12.1. The standard InChI is InChI=1S/C19H18N2O3/c1-3-24-19(23)14-10-8-13(9-11-14)18-15-6-4-5-7-16(15)21(2)17(22)12-20-18/h4-11H,3,12H2,1-2H3. The number of rotatable bonds is 3. The molecule has 0 bridgehead atoms. The van der Waals surface area contributed by atoms with Gasteiger partial charge < -0.3 is 9.64 Å². The van der Waals surface area contributed by atoms with E-state index in [1.165, 1.54) is 0 Å². The molecule has 1 aliphatic heterocycles. The minimum Gasteiger partial charge on any atom is -0.462 e.